The Bertz CT molecular complexity index is 449. The maximum absolute atomic E-state index is 13.2. The van der Waals surface area contributed by atoms with E-state index in [1.165, 1.54) is 6.07 Å². The Balaban J connectivity index is 2.65. The number of carbonyl (C=O) groups excluding carboxylic acids is 1. The van der Waals surface area contributed by atoms with E-state index in [0.717, 1.165) is 12.1 Å². The lowest BCUT2D eigenvalue weighted by atomic mass is 9.94. The molecule has 0 aliphatic heterocycles. The molecule has 0 spiro atoms. The summed E-state index contributed by atoms with van der Waals surface area (Å²) in [4.78, 5) is 11.9. The van der Waals surface area contributed by atoms with Gasteiger partial charge in [0.1, 0.15) is 5.82 Å². The van der Waals surface area contributed by atoms with Gasteiger partial charge in [0, 0.05) is 23.7 Å². The number of hydrogen-bond donors (Lipinski definition) is 3. The van der Waals surface area contributed by atoms with E-state index in [2.05, 4.69) is 5.32 Å². The standard InChI is InChI=1S/C14H19ClFNO3/c1-2-14(20,4-3-5-18)9-17-13(19)10-6-11(15)8-12(16)7-10/h6-8,18,20H,2-5,9H2,1H3,(H,17,19). The van der Waals surface area contributed by atoms with Crippen molar-refractivity contribution < 1.29 is 19.4 Å². The van der Waals surface area contributed by atoms with Crippen molar-refractivity contribution in [1.82, 2.24) is 5.32 Å². The van der Waals surface area contributed by atoms with Crippen LogP contribution in [0.25, 0.3) is 0 Å². The topological polar surface area (TPSA) is 69.6 Å². The molecule has 0 fully saturated rings. The zero-order valence-corrected chi connectivity index (χ0v) is 12.1. The summed E-state index contributed by atoms with van der Waals surface area (Å²) in [5.41, 5.74) is -0.967. The van der Waals surface area contributed by atoms with Gasteiger partial charge in [-0.1, -0.05) is 18.5 Å². The van der Waals surface area contributed by atoms with Gasteiger partial charge in [-0.15, -0.1) is 0 Å². The number of amides is 1. The molecule has 0 aliphatic carbocycles. The van der Waals surface area contributed by atoms with Crippen LogP contribution in [0.4, 0.5) is 4.39 Å². The van der Waals surface area contributed by atoms with Crippen LogP contribution in [-0.4, -0.2) is 34.9 Å². The van der Waals surface area contributed by atoms with Gasteiger partial charge in [-0.3, -0.25) is 4.79 Å². The Morgan fingerprint density at radius 2 is 2.15 bits per heavy atom. The molecule has 3 N–H and O–H groups in total. The van der Waals surface area contributed by atoms with Gasteiger partial charge < -0.3 is 15.5 Å². The molecule has 112 valence electrons. The van der Waals surface area contributed by atoms with E-state index in [1.807, 2.05) is 0 Å². The number of aliphatic hydroxyl groups excluding tert-OH is 1. The maximum atomic E-state index is 13.2. The zero-order chi connectivity index (χ0) is 15.2. The van der Waals surface area contributed by atoms with E-state index in [0.29, 0.717) is 19.3 Å². The number of rotatable bonds is 7. The van der Waals surface area contributed by atoms with Crippen LogP contribution in [0.3, 0.4) is 0 Å². The van der Waals surface area contributed by atoms with Crippen LogP contribution in [0, 0.1) is 5.82 Å². The Hall–Kier alpha value is -1.17. The third kappa shape index (κ3) is 5.07. The molecule has 1 rings (SSSR count). The highest BCUT2D eigenvalue weighted by Crippen LogP contribution is 2.17. The first-order valence-corrected chi connectivity index (χ1v) is 6.85. The lowest BCUT2D eigenvalue weighted by Crippen LogP contribution is -2.42. The SMILES string of the molecule is CCC(O)(CCCO)CNC(=O)c1cc(F)cc(Cl)c1. The molecule has 0 saturated heterocycles. The second-order valence-electron chi connectivity index (χ2n) is 4.75. The molecule has 1 amide bonds. The highest BCUT2D eigenvalue weighted by atomic mass is 35.5. The van der Waals surface area contributed by atoms with Crippen LogP contribution in [0.1, 0.15) is 36.5 Å². The molecule has 6 heteroatoms. The number of halogens is 2. The van der Waals surface area contributed by atoms with Gasteiger partial charge in [0.15, 0.2) is 0 Å². The van der Waals surface area contributed by atoms with Gasteiger partial charge in [-0.05, 0) is 37.5 Å². The molecule has 0 bridgehead atoms. The maximum Gasteiger partial charge on any atom is 0.251 e. The molecule has 1 aromatic carbocycles. The van der Waals surface area contributed by atoms with Crippen LogP contribution < -0.4 is 5.32 Å². The Morgan fingerprint density at radius 1 is 1.45 bits per heavy atom. The first-order valence-electron chi connectivity index (χ1n) is 6.48. The molecule has 1 aromatic rings. The summed E-state index contributed by atoms with van der Waals surface area (Å²) in [6, 6.07) is 3.56. The summed E-state index contributed by atoms with van der Waals surface area (Å²) in [5.74, 6) is -1.09. The number of nitrogens with one attached hydrogen (secondary N) is 1. The molecule has 1 unspecified atom stereocenters. The normalized spacial score (nSPS) is 13.8. The summed E-state index contributed by atoms with van der Waals surface area (Å²) in [7, 11) is 0. The highest BCUT2D eigenvalue weighted by Gasteiger charge is 2.25. The van der Waals surface area contributed by atoms with Crippen molar-refractivity contribution in [3.8, 4) is 0 Å². The average molecular weight is 304 g/mol. The number of aliphatic hydroxyl groups is 2. The van der Waals surface area contributed by atoms with Crippen molar-refractivity contribution in [1.29, 1.82) is 0 Å². The van der Waals surface area contributed by atoms with Crippen molar-refractivity contribution in [3.63, 3.8) is 0 Å². The molecule has 0 heterocycles. The quantitative estimate of drug-likeness (QED) is 0.722. The van der Waals surface area contributed by atoms with Crippen LogP contribution in [0.2, 0.25) is 5.02 Å². The van der Waals surface area contributed by atoms with Crippen LogP contribution >= 0.6 is 11.6 Å². The summed E-state index contributed by atoms with van der Waals surface area (Å²) in [5, 5.41) is 21.7. The van der Waals surface area contributed by atoms with Crippen LogP contribution in [0.5, 0.6) is 0 Å². The minimum absolute atomic E-state index is 0.0181. The minimum atomic E-state index is -1.07. The second kappa shape index (κ2) is 7.57. The third-order valence-electron chi connectivity index (χ3n) is 3.16. The molecule has 0 radical (unpaired) electrons. The van der Waals surface area contributed by atoms with Crippen molar-refractivity contribution in [2.75, 3.05) is 13.2 Å². The van der Waals surface area contributed by atoms with Gasteiger partial charge in [-0.2, -0.15) is 0 Å². The molecule has 0 aromatic heterocycles. The third-order valence-corrected chi connectivity index (χ3v) is 3.38. The molecule has 4 nitrogen and oxygen atoms in total. The van der Waals surface area contributed by atoms with Gasteiger partial charge in [-0.25, -0.2) is 4.39 Å². The Kier molecular flexibility index (Phi) is 6.39. The monoisotopic (exact) mass is 303 g/mol. The van der Waals surface area contributed by atoms with Crippen molar-refractivity contribution in [2.24, 2.45) is 0 Å². The fraction of sp³-hybridized carbons (Fsp3) is 0.500. The summed E-state index contributed by atoms with van der Waals surface area (Å²) < 4.78 is 13.2. The largest absolute Gasteiger partial charge is 0.396 e. The van der Waals surface area contributed by atoms with Gasteiger partial charge in [0.05, 0.1) is 5.60 Å². The highest BCUT2D eigenvalue weighted by molar-refractivity contribution is 6.31. The molecular weight excluding hydrogens is 285 g/mol. The Morgan fingerprint density at radius 3 is 2.70 bits per heavy atom. The lowest BCUT2D eigenvalue weighted by Gasteiger charge is -2.26. The summed E-state index contributed by atoms with van der Waals surface area (Å²) >= 11 is 5.68. The van der Waals surface area contributed by atoms with Gasteiger partial charge >= 0.3 is 0 Å². The minimum Gasteiger partial charge on any atom is -0.396 e. The molecule has 1 atom stereocenters. The first-order chi connectivity index (χ1) is 9.40. The average Bonchev–Trinajstić information content (AvgIpc) is 2.41. The Labute approximate surface area is 122 Å². The van der Waals surface area contributed by atoms with E-state index in [9.17, 15) is 14.3 Å². The first kappa shape index (κ1) is 16.9. The van der Waals surface area contributed by atoms with Gasteiger partial charge in [0.2, 0.25) is 0 Å². The predicted molar refractivity (Wildman–Crippen MR) is 75.3 cm³/mol. The summed E-state index contributed by atoms with van der Waals surface area (Å²) in [6.45, 7) is 1.81. The van der Waals surface area contributed by atoms with E-state index in [1.54, 1.807) is 6.92 Å². The van der Waals surface area contributed by atoms with Crippen molar-refractivity contribution in [2.45, 2.75) is 31.8 Å². The lowest BCUT2D eigenvalue weighted by molar-refractivity contribution is 0.0212. The van der Waals surface area contributed by atoms with Crippen LogP contribution in [0.15, 0.2) is 18.2 Å². The molecule has 20 heavy (non-hydrogen) atoms. The van der Waals surface area contributed by atoms with E-state index in [4.69, 9.17) is 16.7 Å². The van der Waals surface area contributed by atoms with Crippen molar-refractivity contribution >= 4 is 17.5 Å². The molecular formula is C14H19ClFNO3. The molecule has 0 aliphatic rings. The van der Waals surface area contributed by atoms with Crippen LogP contribution in [-0.2, 0) is 0 Å². The number of hydrogen-bond acceptors (Lipinski definition) is 3. The van der Waals surface area contributed by atoms with Crippen molar-refractivity contribution in [3.05, 3.63) is 34.6 Å². The van der Waals surface area contributed by atoms with E-state index < -0.39 is 17.3 Å². The zero-order valence-electron chi connectivity index (χ0n) is 11.3. The summed E-state index contributed by atoms with van der Waals surface area (Å²) in [6.07, 6.45) is 1.27. The fourth-order valence-electron chi connectivity index (χ4n) is 1.83. The number of carbonyl (C=O) groups is 1. The fourth-order valence-corrected chi connectivity index (χ4v) is 2.05. The molecule has 0 saturated carbocycles. The van der Waals surface area contributed by atoms with Gasteiger partial charge in [0.25, 0.3) is 5.91 Å². The number of benzene rings is 1. The van der Waals surface area contributed by atoms with E-state index in [-0.39, 0.29) is 23.7 Å². The smallest absolute Gasteiger partial charge is 0.251 e. The predicted octanol–water partition coefficient (Wildman–Crippen LogP) is 2.12. The van der Waals surface area contributed by atoms with E-state index >= 15 is 0 Å². The second-order valence-corrected chi connectivity index (χ2v) is 5.18.